The highest BCUT2D eigenvalue weighted by Gasteiger charge is 2.21. The van der Waals surface area contributed by atoms with Crippen LogP contribution in [-0.4, -0.2) is 11.5 Å². The molecule has 29 heavy (non-hydrogen) atoms. The minimum atomic E-state index is -0.421. The van der Waals surface area contributed by atoms with Crippen LogP contribution >= 0.6 is 11.3 Å². The van der Waals surface area contributed by atoms with E-state index in [1.54, 1.807) is 11.6 Å². The molecule has 1 aromatic heterocycles. The second-order valence-electron chi connectivity index (χ2n) is 6.39. The van der Waals surface area contributed by atoms with E-state index in [1.807, 2.05) is 37.3 Å². The van der Waals surface area contributed by atoms with E-state index in [9.17, 15) is 10.1 Å². The van der Waals surface area contributed by atoms with Gasteiger partial charge in [-0.25, -0.2) is 4.57 Å². The summed E-state index contributed by atoms with van der Waals surface area (Å²) in [4.78, 5) is 12.8. The Labute approximate surface area is 179 Å². The summed E-state index contributed by atoms with van der Waals surface area (Å²) in [5.74, 6) is 0. The summed E-state index contributed by atoms with van der Waals surface area (Å²) in [5.41, 5.74) is 4.13. The predicted molar refractivity (Wildman–Crippen MR) is 111 cm³/mol. The molecule has 0 saturated carbocycles. The Morgan fingerprint density at radius 1 is 1.17 bits per heavy atom. The lowest BCUT2D eigenvalue weighted by molar-refractivity contribution is -0.656. The van der Waals surface area contributed by atoms with Gasteiger partial charge in [-0.1, -0.05) is 30.3 Å². The summed E-state index contributed by atoms with van der Waals surface area (Å²) in [5, 5.41) is 19.9. The number of rotatable bonds is 7. The number of nitro groups is 1. The lowest BCUT2D eigenvalue weighted by atomic mass is 10.1. The van der Waals surface area contributed by atoms with Gasteiger partial charge in [0.05, 0.1) is 17.1 Å². The molecule has 0 aliphatic heterocycles. The van der Waals surface area contributed by atoms with E-state index in [-0.39, 0.29) is 17.4 Å². The first-order chi connectivity index (χ1) is 13.5. The van der Waals surface area contributed by atoms with Crippen LogP contribution in [0.3, 0.4) is 0 Å². The molecule has 0 aliphatic carbocycles. The molecule has 3 rings (SSSR count). The molecule has 0 radical (unpaired) electrons. The Balaban J connectivity index is 0.00000300. The van der Waals surface area contributed by atoms with Crippen LogP contribution in [0.2, 0.25) is 0 Å². The predicted octanol–water partition coefficient (Wildman–Crippen LogP) is 2.24. The number of aromatic nitrogens is 1. The van der Waals surface area contributed by atoms with Gasteiger partial charge in [0.25, 0.3) is 0 Å². The summed E-state index contributed by atoms with van der Waals surface area (Å²) in [7, 11) is 1.72. The van der Waals surface area contributed by atoms with Crippen molar-refractivity contribution in [2.75, 3.05) is 11.4 Å². The Morgan fingerprint density at radius 2 is 1.90 bits per heavy atom. The third kappa shape index (κ3) is 5.58. The van der Waals surface area contributed by atoms with Crippen molar-refractivity contribution in [1.82, 2.24) is 0 Å². The monoisotopic (exact) mass is 431 g/mol. The lowest BCUT2D eigenvalue weighted by Gasteiger charge is -2.23. The van der Waals surface area contributed by atoms with Crippen molar-refractivity contribution in [1.29, 1.82) is 0 Å². The van der Waals surface area contributed by atoms with Gasteiger partial charge in [0.1, 0.15) is 5.69 Å². The minimum Gasteiger partial charge on any atom is -1.00 e. The zero-order valence-electron chi connectivity index (χ0n) is 16.4. The van der Waals surface area contributed by atoms with E-state index in [0.717, 1.165) is 41.4 Å². The Morgan fingerprint density at radius 3 is 2.48 bits per heavy atom. The largest absolute Gasteiger partial charge is 1.00 e. The van der Waals surface area contributed by atoms with Gasteiger partial charge in [-0.05, 0) is 48.3 Å². The van der Waals surface area contributed by atoms with Crippen LogP contribution in [0.4, 0.5) is 21.5 Å². The fourth-order valence-electron chi connectivity index (χ4n) is 2.82. The van der Waals surface area contributed by atoms with Gasteiger partial charge in [-0.15, -0.1) is 0 Å². The fourth-order valence-corrected chi connectivity index (χ4v) is 3.57. The van der Waals surface area contributed by atoms with Gasteiger partial charge in [0, 0.05) is 30.1 Å². The van der Waals surface area contributed by atoms with Crippen molar-refractivity contribution in [2.24, 2.45) is 17.3 Å². The van der Waals surface area contributed by atoms with Crippen LogP contribution in [0.25, 0.3) is 0 Å². The maximum Gasteiger partial charge on any atom is 0.414 e. The third-order valence-corrected chi connectivity index (χ3v) is 5.38. The number of hydrogen-bond donors (Lipinski definition) is 0. The average Bonchev–Trinajstić information content (AvgIpc) is 3.07. The van der Waals surface area contributed by atoms with E-state index in [2.05, 4.69) is 40.3 Å². The smallest absolute Gasteiger partial charge is 0.414 e. The second-order valence-corrected chi connectivity index (χ2v) is 7.38. The van der Waals surface area contributed by atoms with Crippen LogP contribution in [0.5, 0.6) is 0 Å². The second kappa shape index (κ2) is 10.1. The first-order valence-corrected chi connectivity index (χ1v) is 9.74. The third-order valence-electron chi connectivity index (χ3n) is 4.37. The van der Waals surface area contributed by atoms with E-state index >= 15 is 0 Å². The molecule has 0 spiro atoms. The topological polar surface area (TPSA) is 75.0 Å². The molecule has 0 saturated heterocycles. The first kappa shape index (κ1) is 22.4. The zero-order valence-corrected chi connectivity index (χ0v) is 18.0. The number of aryl methyl sites for hydroxylation is 2. The fraction of sp³-hybridized carbons (Fsp3) is 0.250. The number of halogens is 1. The van der Waals surface area contributed by atoms with E-state index < -0.39 is 4.92 Å². The average molecular weight is 432 g/mol. The normalized spacial score (nSPS) is 10.7. The van der Waals surface area contributed by atoms with Crippen molar-refractivity contribution < 1.29 is 21.9 Å². The number of anilines is 1. The van der Waals surface area contributed by atoms with E-state index in [1.165, 1.54) is 11.8 Å². The number of hydrogen-bond acceptors (Lipinski definition) is 6. The van der Waals surface area contributed by atoms with Gasteiger partial charge in [0.2, 0.25) is 0 Å². The SMILES string of the molecule is CCN(Cc1ccccc1)c1ccc(/N=N/c2sc([N+](=O)[O-])c[n+]2C)c(C)c1.[Cl-]. The number of thiazole rings is 1. The van der Waals surface area contributed by atoms with Crippen LogP contribution in [0.15, 0.2) is 65.0 Å². The van der Waals surface area contributed by atoms with Crippen molar-refractivity contribution in [2.45, 2.75) is 20.4 Å². The number of benzene rings is 2. The van der Waals surface area contributed by atoms with Gasteiger partial charge < -0.3 is 17.3 Å². The van der Waals surface area contributed by atoms with E-state index in [0.29, 0.717) is 5.13 Å². The molecule has 9 heteroatoms. The highest BCUT2D eigenvalue weighted by molar-refractivity contribution is 7.17. The molecular weight excluding hydrogens is 410 g/mol. The molecule has 0 amide bonds. The quantitative estimate of drug-likeness (QED) is 0.249. The highest BCUT2D eigenvalue weighted by atomic mass is 35.5. The highest BCUT2D eigenvalue weighted by Crippen LogP contribution is 2.30. The van der Waals surface area contributed by atoms with Gasteiger partial charge in [0.15, 0.2) is 6.20 Å². The van der Waals surface area contributed by atoms with Gasteiger partial charge in [-0.2, -0.15) is 0 Å². The van der Waals surface area contributed by atoms with Crippen LogP contribution in [-0.2, 0) is 13.6 Å². The molecular formula is C20H22ClN5O2S. The number of azo groups is 1. The molecule has 3 aromatic rings. The van der Waals surface area contributed by atoms with Crippen LogP contribution in [0, 0.1) is 17.0 Å². The number of nitrogens with zero attached hydrogens (tertiary/aromatic N) is 5. The Kier molecular flexibility index (Phi) is 7.81. The van der Waals surface area contributed by atoms with Crippen molar-refractivity contribution in [3.63, 3.8) is 0 Å². The molecule has 152 valence electrons. The summed E-state index contributed by atoms with van der Waals surface area (Å²) in [6, 6.07) is 16.4. The minimum absolute atomic E-state index is 0. The molecule has 0 unspecified atom stereocenters. The van der Waals surface area contributed by atoms with Crippen LogP contribution < -0.4 is 21.9 Å². The molecule has 1 heterocycles. The van der Waals surface area contributed by atoms with Crippen LogP contribution in [0.1, 0.15) is 18.1 Å². The van der Waals surface area contributed by atoms with Crippen molar-refractivity contribution >= 4 is 32.8 Å². The van der Waals surface area contributed by atoms with Gasteiger partial charge >= 0.3 is 10.1 Å². The maximum atomic E-state index is 10.9. The Bertz CT molecular complexity index is 1010. The van der Waals surface area contributed by atoms with Gasteiger partial charge in [-0.3, -0.25) is 10.1 Å². The molecule has 0 N–H and O–H groups in total. The molecule has 0 bridgehead atoms. The summed E-state index contributed by atoms with van der Waals surface area (Å²) in [6.45, 7) is 5.86. The van der Waals surface area contributed by atoms with E-state index in [4.69, 9.17) is 0 Å². The molecule has 0 aliphatic rings. The Hall–Kier alpha value is -2.84. The standard InChI is InChI=1S/C20H22N5O2S.ClH/c1-4-24(13-16-8-6-5-7-9-16)17-10-11-18(15(2)12-17)21-22-20-23(3)14-19(28-20)25(26)27;/h5-12,14H,4,13H2,1-3H3;1H/q+1;/p-1. The van der Waals surface area contributed by atoms with Crippen molar-refractivity contribution in [3.05, 3.63) is 76.0 Å². The maximum absolute atomic E-state index is 10.9. The summed E-state index contributed by atoms with van der Waals surface area (Å²) in [6.07, 6.45) is 1.44. The first-order valence-electron chi connectivity index (χ1n) is 8.93. The molecule has 7 nitrogen and oxygen atoms in total. The molecule has 0 atom stereocenters. The summed E-state index contributed by atoms with van der Waals surface area (Å²) < 4.78 is 1.61. The zero-order chi connectivity index (χ0) is 20.1. The molecule has 2 aromatic carbocycles. The lowest BCUT2D eigenvalue weighted by Crippen LogP contribution is -3.00. The summed E-state index contributed by atoms with van der Waals surface area (Å²) >= 11 is 1.00. The molecule has 0 fully saturated rings. The van der Waals surface area contributed by atoms with Crippen molar-refractivity contribution in [3.8, 4) is 0 Å².